The standard InChI is InChI=1S/C10HF7.K.H/c11-2-1-3(12)6(13)5-4(2)7(14)9(16)10(17)8(5)15;;/h1H;;/q;+1;-1. The van der Waals surface area contributed by atoms with Crippen molar-refractivity contribution in [3.63, 3.8) is 0 Å². The third-order valence-electron chi connectivity index (χ3n) is 2.19. The molecule has 0 aliphatic heterocycles. The van der Waals surface area contributed by atoms with Gasteiger partial charge in [-0.25, -0.2) is 30.7 Å². The normalized spacial score (nSPS) is 10.6. The number of hydrogen-bond acceptors (Lipinski definition) is 0. The van der Waals surface area contributed by atoms with Crippen molar-refractivity contribution in [3.05, 3.63) is 46.8 Å². The molecule has 8 heteroatoms. The van der Waals surface area contributed by atoms with E-state index in [-0.39, 0.29) is 58.9 Å². The summed E-state index contributed by atoms with van der Waals surface area (Å²) in [4.78, 5) is 0. The maximum atomic E-state index is 13.1. The summed E-state index contributed by atoms with van der Waals surface area (Å²) in [5.74, 6) is -14.5. The summed E-state index contributed by atoms with van der Waals surface area (Å²) in [6.07, 6.45) is 0. The molecule has 92 valence electrons. The SMILES string of the molecule is Fc1cc(F)c2c(F)c(F)c(F)c(F)c2c1F.[H-].[K+]. The molecule has 0 bridgehead atoms. The molecule has 0 aromatic heterocycles. The summed E-state index contributed by atoms with van der Waals surface area (Å²) >= 11 is 0. The quantitative estimate of drug-likeness (QED) is 0.293. The van der Waals surface area contributed by atoms with E-state index >= 15 is 0 Å². The summed E-state index contributed by atoms with van der Waals surface area (Å²) in [6.45, 7) is 0. The molecule has 18 heavy (non-hydrogen) atoms. The molecule has 0 aliphatic carbocycles. The van der Waals surface area contributed by atoms with Crippen LogP contribution in [0.15, 0.2) is 6.07 Å². The van der Waals surface area contributed by atoms with E-state index < -0.39 is 51.5 Å². The maximum absolute atomic E-state index is 13.1. The third kappa shape index (κ3) is 2.20. The van der Waals surface area contributed by atoms with Crippen LogP contribution in [0.3, 0.4) is 0 Å². The minimum absolute atomic E-state index is 0. The number of benzene rings is 2. The molecule has 0 fully saturated rings. The van der Waals surface area contributed by atoms with Gasteiger partial charge in [-0.05, 0) is 0 Å². The van der Waals surface area contributed by atoms with Gasteiger partial charge in [-0.15, -0.1) is 0 Å². The van der Waals surface area contributed by atoms with Crippen molar-refractivity contribution >= 4 is 10.8 Å². The Bertz CT molecular complexity index is 644. The fraction of sp³-hybridized carbons (Fsp3) is 0. The van der Waals surface area contributed by atoms with Gasteiger partial charge in [0.15, 0.2) is 34.9 Å². The van der Waals surface area contributed by atoms with Crippen molar-refractivity contribution in [2.75, 3.05) is 0 Å². The summed E-state index contributed by atoms with van der Waals surface area (Å²) in [5.41, 5.74) is 0. The Morgan fingerprint density at radius 2 is 1.00 bits per heavy atom. The molecule has 0 amide bonds. The first-order valence-electron chi connectivity index (χ1n) is 4.15. The molecule has 0 saturated carbocycles. The molecule has 0 radical (unpaired) electrons. The van der Waals surface area contributed by atoms with Crippen LogP contribution in [-0.2, 0) is 0 Å². The Labute approximate surface area is 140 Å². The smallest absolute Gasteiger partial charge is 1.00 e. The van der Waals surface area contributed by atoms with Gasteiger partial charge in [0, 0.05) is 6.07 Å². The Hall–Kier alpha value is -0.154. The molecule has 0 aliphatic rings. The van der Waals surface area contributed by atoms with Crippen molar-refractivity contribution in [3.8, 4) is 0 Å². The number of hydrogen-bond donors (Lipinski definition) is 0. The fourth-order valence-corrected chi connectivity index (χ4v) is 1.43. The fourth-order valence-electron chi connectivity index (χ4n) is 1.43. The molecule has 0 unspecified atom stereocenters. The number of fused-ring (bicyclic) bond motifs is 1. The molecule has 2 aromatic rings. The van der Waals surface area contributed by atoms with E-state index in [2.05, 4.69) is 0 Å². The Kier molecular flexibility index (Phi) is 4.82. The van der Waals surface area contributed by atoms with Gasteiger partial charge in [0.25, 0.3) is 0 Å². The van der Waals surface area contributed by atoms with Crippen LogP contribution in [0, 0.1) is 40.7 Å². The van der Waals surface area contributed by atoms with Crippen LogP contribution in [0.2, 0.25) is 0 Å². The van der Waals surface area contributed by atoms with E-state index in [1.165, 1.54) is 0 Å². The second-order valence-corrected chi connectivity index (χ2v) is 3.16. The van der Waals surface area contributed by atoms with E-state index in [4.69, 9.17) is 0 Å². The second kappa shape index (κ2) is 5.46. The molecule has 0 saturated heterocycles. The minimum atomic E-state index is -2.33. The van der Waals surface area contributed by atoms with Crippen molar-refractivity contribution in [1.82, 2.24) is 0 Å². The zero-order valence-electron chi connectivity index (χ0n) is 9.72. The van der Waals surface area contributed by atoms with Gasteiger partial charge in [-0.2, -0.15) is 0 Å². The second-order valence-electron chi connectivity index (χ2n) is 3.16. The summed E-state index contributed by atoms with van der Waals surface area (Å²) in [7, 11) is 0. The van der Waals surface area contributed by atoms with Gasteiger partial charge in [0.2, 0.25) is 0 Å². The van der Waals surface area contributed by atoms with Gasteiger partial charge in [-0.1, -0.05) is 0 Å². The average Bonchev–Trinajstić information content (AvgIpc) is 2.28. The maximum Gasteiger partial charge on any atom is 1.00 e. The van der Waals surface area contributed by atoms with Crippen molar-refractivity contribution < 1.29 is 83.5 Å². The molecule has 2 rings (SSSR count). The monoisotopic (exact) mass is 294 g/mol. The molecular formula is C10H2F7K. The first-order valence-corrected chi connectivity index (χ1v) is 4.15. The van der Waals surface area contributed by atoms with Gasteiger partial charge in [-0.3, -0.25) is 0 Å². The van der Waals surface area contributed by atoms with E-state index in [9.17, 15) is 30.7 Å². The summed E-state index contributed by atoms with van der Waals surface area (Å²) < 4.78 is 90.6. The predicted molar refractivity (Wildman–Crippen MR) is 44.8 cm³/mol. The minimum Gasteiger partial charge on any atom is -1.00 e. The molecule has 0 N–H and O–H groups in total. The first-order chi connectivity index (χ1) is 7.86. The Balaban J connectivity index is 0.00000162. The zero-order valence-corrected chi connectivity index (χ0v) is 11.8. The molecular weight excluding hydrogens is 292 g/mol. The van der Waals surface area contributed by atoms with E-state index in [0.29, 0.717) is 0 Å². The van der Waals surface area contributed by atoms with Gasteiger partial charge >= 0.3 is 51.4 Å². The molecule has 0 spiro atoms. The van der Waals surface area contributed by atoms with E-state index in [0.717, 1.165) is 0 Å². The average molecular weight is 294 g/mol. The molecule has 2 aromatic carbocycles. The van der Waals surface area contributed by atoms with Crippen LogP contribution < -0.4 is 51.4 Å². The number of rotatable bonds is 0. The molecule has 0 heterocycles. The molecule has 0 atom stereocenters. The summed E-state index contributed by atoms with van der Waals surface area (Å²) in [5, 5.41) is -3.07. The largest absolute Gasteiger partial charge is 1.00 e. The third-order valence-corrected chi connectivity index (χ3v) is 2.19. The van der Waals surface area contributed by atoms with Crippen LogP contribution >= 0.6 is 0 Å². The summed E-state index contributed by atoms with van der Waals surface area (Å²) in [6, 6.07) is -0.0858. The topological polar surface area (TPSA) is 0 Å². The zero-order chi connectivity index (χ0) is 12.9. The van der Waals surface area contributed by atoms with Gasteiger partial charge < -0.3 is 1.43 Å². The van der Waals surface area contributed by atoms with Crippen molar-refractivity contribution in [2.45, 2.75) is 0 Å². The van der Waals surface area contributed by atoms with Crippen molar-refractivity contribution in [2.24, 2.45) is 0 Å². The van der Waals surface area contributed by atoms with Gasteiger partial charge in [0.1, 0.15) is 5.82 Å². The van der Waals surface area contributed by atoms with Crippen molar-refractivity contribution in [1.29, 1.82) is 0 Å². The van der Waals surface area contributed by atoms with E-state index in [1.807, 2.05) is 0 Å². The first kappa shape index (κ1) is 15.9. The van der Waals surface area contributed by atoms with Crippen LogP contribution in [0.1, 0.15) is 1.43 Å². The van der Waals surface area contributed by atoms with Crippen LogP contribution in [0.4, 0.5) is 30.7 Å². The Morgan fingerprint density at radius 3 is 1.50 bits per heavy atom. The van der Waals surface area contributed by atoms with Gasteiger partial charge in [0.05, 0.1) is 10.8 Å². The molecule has 0 nitrogen and oxygen atoms in total. The van der Waals surface area contributed by atoms with Crippen LogP contribution in [0.5, 0.6) is 0 Å². The van der Waals surface area contributed by atoms with Crippen LogP contribution in [-0.4, -0.2) is 0 Å². The predicted octanol–water partition coefficient (Wildman–Crippen LogP) is 0.930. The van der Waals surface area contributed by atoms with Crippen LogP contribution in [0.25, 0.3) is 10.8 Å². The Morgan fingerprint density at radius 1 is 0.556 bits per heavy atom. The number of halogens is 7. The van der Waals surface area contributed by atoms with E-state index in [1.54, 1.807) is 0 Å².